The average molecular weight is 283 g/mol. The van der Waals surface area contributed by atoms with Crippen LogP contribution in [-0.4, -0.2) is 18.1 Å². The molecule has 0 aromatic carbocycles. The third-order valence-corrected chi connectivity index (χ3v) is 3.80. The lowest BCUT2D eigenvalue weighted by Crippen LogP contribution is -2.39. The number of pyridine rings is 1. The number of hydrogen-bond donors (Lipinski definition) is 0. The topological polar surface area (TPSA) is 16.1 Å². The average Bonchev–Trinajstić information content (AvgIpc) is 2.28. The van der Waals surface area contributed by atoms with Gasteiger partial charge in [-0.15, -0.1) is 0 Å². The fraction of sp³-hybridized carbons (Fsp3) is 0.615. The smallest absolute Gasteiger partial charge is 0.128 e. The molecule has 0 radical (unpaired) electrons. The zero-order valence-electron chi connectivity index (χ0n) is 9.99. The molecule has 2 heterocycles. The number of nitrogens with zero attached hydrogens (tertiary/aromatic N) is 2. The molecule has 88 valence electrons. The second-order valence-corrected chi connectivity index (χ2v) is 5.57. The largest absolute Gasteiger partial charge is 0.356 e. The lowest BCUT2D eigenvalue weighted by Gasteiger charge is -2.35. The number of piperidine rings is 1. The Morgan fingerprint density at radius 2 is 2.00 bits per heavy atom. The normalized spacial score (nSPS) is 25.8. The zero-order valence-corrected chi connectivity index (χ0v) is 11.6. The van der Waals surface area contributed by atoms with E-state index in [9.17, 15) is 0 Å². The molecular weight excluding hydrogens is 264 g/mol. The molecule has 0 N–H and O–H groups in total. The summed E-state index contributed by atoms with van der Waals surface area (Å²) in [6.07, 6.45) is 3.31. The van der Waals surface area contributed by atoms with Crippen molar-refractivity contribution >= 4 is 21.7 Å². The summed E-state index contributed by atoms with van der Waals surface area (Å²) in [5.74, 6) is 2.69. The Bertz CT molecular complexity index is 326. The van der Waals surface area contributed by atoms with Crippen molar-refractivity contribution in [3.63, 3.8) is 0 Å². The van der Waals surface area contributed by atoms with Gasteiger partial charge in [0.05, 0.1) is 0 Å². The number of aromatic nitrogens is 1. The highest BCUT2D eigenvalue weighted by molar-refractivity contribution is 9.08. The minimum absolute atomic E-state index is 0.779. The molecule has 3 heteroatoms. The van der Waals surface area contributed by atoms with Crippen LogP contribution in [0.1, 0.15) is 25.8 Å². The van der Waals surface area contributed by atoms with Crippen molar-refractivity contribution in [2.75, 3.05) is 18.0 Å². The second kappa shape index (κ2) is 5.17. The van der Waals surface area contributed by atoms with E-state index in [-0.39, 0.29) is 0 Å². The van der Waals surface area contributed by atoms with Crippen LogP contribution in [0.15, 0.2) is 18.3 Å². The first-order valence-corrected chi connectivity index (χ1v) is 7.07. The van der Waals surface area contributed by atoms with E-state index in [1.165, 1.54) is 12.0 Å². The Kier molecular flexibility index (Phi) is 3.85. The fourth-order valence-corrected chi connectivity index (χ4v) is 2.86. The van der Waals surface area contributed by atoms with Gasteiger partial charge in [-0.3, -0.25) is 0 Å². The van der Waals surface area contributed by atoms with Crippen LogP contribution >= 0.6 is 15.9 Å². The van der Waals surface area contributed by atoms with Crippen LogP contribution in [0.25, 0.3) is 0 Å². The molecular formula is C13H19BrN2. The summed E-state index contributed by atoms with van der Waals surface area (Å²) in [5, 5.41) is 0.882. The Labute approximate surface area is 106 Å². The molecule has 1 aliphatic heterocycles. The molecule has 1 fully saturated rings. The van der Waals surface area contributed by atoms with Gasteiger partial charge in [-0.05, 0) is 29.9 Å². The van der Waals surface area contributed by atoms with Gasteiger partial charge in [0, 0.05) is 24.6 Å². The second-order valence-electron chi connectivity index (χ2n) is 5.01. The van der Waals surface area contributed by atoms with Gasteiger partial charge in [-0.2, -0.15) is 0 Å². The van der Waals surface area contributed by atoms with Gasteiger partial charge in [-0.1, -0.05) is 35.8 Å². The minimum atomic E-state index is 0.779. The first kappa shape index (κ1) is 11.9. The van der Waals surface area contributed by atoms with Gasteiger partial charge >= 0.3 is 0 Å². The Hall–Kier alpha value is -0.570. The van der Waals surface area contributed by atoms with Crippen LogP contribution in [0.4, 0.5) is 5.82 Å². The minimum Gasteiger partial charge on any atom is -0.356 e. The van der Waals surface area contributed by atoms with Crippen molar-refractivity contribution in [1.29, 1.82) is 0 Å². The standard InChI is InChI=1S/C13H19BrN2/c1-10-5-11(2)9-16(8-10)13-4-3-12(6-14)7-15-13/h3-4,7,10-11H,5-6,8-9H2,1-2H3. The van der Waals surface area contributed by atoms with E-state index >= 15 is 0 Å². The van der Waals surface area contributed by atoms with Gasteiger partial charge in [-0.25, -0.2) is 4.98 Å². The number of halogens is 1. The third kappa shape index (κ3) is 2.76. The van der Waals surface area contributed by atoms with Crippen LogP contribution in [0.5, 0.6) is 0 Å². The predicted octanol–water partition coefficient (Wildman–Crippen LogP) is 3.46. The number of anilines is 1. The Balaban J connectivity index is 2.10. The fourth-order valence-electron chi connectivity index (χ4n) is 2.53. The van der Waals surface area contributed by atoms with Crippen LogP contribution in [0, 0.1) is 11.8 Å². The highest BCUT2D eigenvalue weighted by Crippen LogP contribution is 2.25. The molecule has 1 aromatic heterocycles. The van der Waals surface area contributed by atoms with Crippen molar-refractivity contribution in [2.45, 2.75) is 25.6 Å². The van der Waals surface area contributed by atoms with Crippen molar-refractivity contribution < 1.29 is 0 Å². The maximum Gasteiger partial charge on any atom is 0.128 e. The molecule has 0 spiro atoms. The lowest BCUT2D eigenvalue weighted by molar-refractivity contribution is 0.355. The van der Waals surface area contributed by atoms with Crippen LogP contribution in [0.3, 0.4) is 0 Å². The summed E-state index contributed by atoms with van der Waals surface area (Å²) in [5.41, 5.74) is 1.24. The Morgan fingerprint density at radius 1 is 1.31 bits per heavy atom. The van der Waals surface area contributed by atoms with Gasteiger partial charge in [0.2, 0.25) is 0 Å². The summed E-state index contributed by atoms with van der Waals surface area (Å²) in [7, 11) is 0. The number of rotatable bonds is 2. The Morgan fingerprint density at radius 3 is 2.50 bits per heavy atom. The summed E-state index contributed by atoms with van der Waals surface area (Å²) in [4.78, 5) is 6.95. The molecule has 0 saturated carbocycles. The molecule has 0 aliphatic carbocycles. The zero-order chi connectivity index (χ0) is 11.5. The third-order valence-electron chi connectivity index (χ3n) is 3.16. The van der Waals surface area contributed by atoms with Gasteiger partial charge in [0.25, 0.3) is 0 Å². The summed E-state index contributed by atoms with van der Waals surface area (Å²) in [6, 6.07) is 4.29. The van der Waals surface area contributed by atoms with E-state index in [1.54, 1.807) is 0 Å². The number of hydrogen-bond acceptors (Lipinski definition) is 2. The first-order chi connectivity index (χ1) is 7.69. The maximum absolute atomic E-state index is 4.54. The summed E-state index contributed by atoms with van der Waals surface area (Å²) in [6.45, 7) is 6.95. The van der Waals surface area contributed by atoms with E-state index < -0.39 is 0 Å². The molecule has 1 aliphatic rings. The van der Waals surface area contributed by atoms with Gasteiger partial charge < -0.3 is 4.90 Å². The molecule has 16 heavy (non-hydrogen) atoms. The summed E-state index contributed by atoms with van der Waals surface area (Å²) < 4.78 is 0. The van der Waals surface area contributed by atoms with E-state index in [1.807, 2.05) is 6.20 Å². The SMILES string of the molecule is CC1CC(C)CN(c2ccc(CBr)cn2)C1. The number of alkyl halides is 1. The molecule has 1 saturated heterocycles. The van der Waals surface area contributed by atoms with Gasteiger partial charge in [0.1, 0.15) is 5.82 Å². The van der Waals surface area contributed by atoms with Gasteiger partial charge in [0.15, 0.2) is 0 Å². The highest BCUT2D eigenvalue weighted by atomic mass is 79.9. The quantitative estimate of drug-likeness (QED) is 0.773. The molecule has 2 unspecified atom stereocenters. The molecule has 0 bridgehead atoms. The van der Waals surface area contributed by atoms with Crippen molar-refractivity contribution in [1.82, 2.24) is 4.98 Å². The van der Waals surface area contributed by atoms with E-state index in [4.69, 9.17) is 0 Å². The van der Waals surface area contributed by atoms with Crippen molar-refractivity contribution in [3.8, 4) is 0 Å². The predicted molar refractivity (Wildman–Crippen MR) is 72.0 cm³/mol. The molecule has 2 rings (SSSR count). The molecule has 2 atom stereocenters. The molecule has 2 nitrogen and oxygen atoms in total. The van der Waals surface area contributed by atoms with E-state index in [0.29, 0.717) is 0 Å². The monoisotopic (exact) mass is 282 g/mol. The van der Waals surface area contributed by atoms with Crippen molar-refractivity contribution in [2.24, 2.45) is 11.8 Å². The first-order valence-electron chi connectivity index (χ1n) is 5.95. The summed E-state index contributed by atoms with van der Waals surface area (Å²) >= 11 is 3.44. The maximum atomic E-state index is 4.54. The van der Waals surface area contributed by atoms with Crippen molar-refractivity contribution in [3.05, 3.63) is 23.9 Å². The lowest BCUT2D eigenvalue weighted by atomic mass is 9.92. The van der Waals surface area contributed by atoms with Crippen LogP contribution in [0.2, 0.25) is 0 Å². The van der Waals surface area contributed by atoms with Crippen LogP contribution in [-0.2, 0) is 5.33 Å². The molecule has 1 aromatic rings. The van der Waals surface area contributed by atoms with E-state index in [0.717, 1.165) is 36.1 Å². The van der Waals surface area contributed by atoms with Crippen LogP contribution < -0.4 is 4.90 Å². The molecule has 0 amide bonds. The van der Waals surface area contributed by atoms with E-state index in [2.05, 4.69) is 51.8 Å². The highest BCUT2D eigenvalue weighted by Gasteiger charge is 2.22.